The number of urea groups is 1. The van der Waals surface area contributed by atoms with Crippen LogP contribution < -0.4 is 0 Å². The van der Waals surface area contributed by atoms with Crippen molar-refractivity contribution in [3.8, 4) is 0 Å². The summed E-state index contributed by atoms with van der Waals surface area (Å²) in [5.41, 5.74) is 0. The summed E-state index contributed by atoms with van der Waals surface area (Å²) in [6.07, 6.45) is 0. The van der Waals surface area contributed by atoms with Crippen LogP contribution >= 0.6 is 0 Å². The van der Waals surface area contributed by atoms with Crippen LogP contribution in [0.5, 0.6) is 0 Å². The van der Waals surface area contributed by atoms with E-state index in [4.69, 9.17) is 0 Å². The van der Waals surface area contributed by atoms with Crippen molar-refractivity contribution >= 4 is 21.7 Å². The van der Waals surface area contributed by atoms with Crippen LogP contribution in [0.25, 0.3) is 0 Å². The summed E-state index contributed by atoms with van der Waals surface area (Å²) in [5.74, 6) is -0.476. The number of imide groups is 1. The molecular weight excluding hydrogens is 252 g/mol. The van der Waals surface area contributed by atoms with E-state index in [1.165, 1.54) is 7.05 Å². The molecular formula is C12H14N2O3S. The Morgan fingerprint density at radius 3 is 2.28 bits per heavy atom. The molecule has 1 aromatic carbocycles. The molecule has 1 aliphatic heterocycles. The van der Waals surface area contributed by atoms with Gasteiger partial charge in [0.05, 0.1) is 9.73 Å². The van der Waals surface area contributed by atoms with E-state index in [1.54, 1.807) is 44.2 Å². The molecule has 0 aromatic heterocycles. The van der Waals surface area contributed by atoms with Crippen molar-refractivity contribution in [1.29, 1.82) is 0 Å². The van der Waals surface area contributed by atoms with E-state index in [-0.39, 0.29) is 0 Å². The molecule has 18 heavy (non-hydrogen) atoms. The van der Waals surface area contributed by atoms with Gasteiger partial charge in [0, 0.05) is 11.9 Å². The van der Waals surface area contributed by atoms with E-state index in [9.17, 15) is 13.8 Å². The van der Waals surface area contributed by atoms with Crippen LogP contribution in [0.3, 0.4) is 0 Å². The average Bonchev–Trinajstić information content (AvgIpc) is 2.36. The molecule has 96 valence electrons. The molecule has 1 aromatic rings. The first kappa shape index (κ1) is 12.8. The van der Waals surface area contributed by atoms with Crippen molar-refractivity contribution in [2.75, 3.05) is 7.05 Å². The predicted molar refractivity (Wildman–Crippen MR) is 67.5 cm³/mol. The Bertz CT molecular complexity index is 628. The third kappa shape index (κ3) is 1.56. The zero-order valence-electron chi connectivity index (χ0n) is 10.4. The quantitative estimate of drug-likeness (QED) is 0.779. The maximum absolute atomic E-state index is 13.0. The van der Waals surface area contributed by atoms with Crippen molar-refractivity contribution in [3.63, 3.8) is 0 Å². The normalized spacial score (nSPS) is 26.9. The number of rotatable bonds is 1. The van der Waals surface area contributed by atoms with Gasteiger partial charge in [0.25, 0.3) is 0 Å². The minimum atomic E-state index is -3.09. The van der Waals surface area contributed by atoms with Crippen LogP contribution in [0.15, 0.2) is 39.6 Å². The standard InChI is InChI=1S/C12H14N2O3S/c1-12(2)10(15)14(3)11(16)13-18(12,17)9-7-5-4-6-8-9/h4-8H,1-3H3. The summed E-state index contributed by atoms with van der Waals surface area (Å²) >= 11 is 0. The molecule has 5 nitrogen and oxygen atoms in total. The third-order valence-corrected chi connectivity index (χ3v) is 5.95. The van der Waals surface area contributed by atoms with Gasteiger partial charge in [0.2, 0.25) is 5.91 Å². The highest BCUT2D eigenvalue weighted by molar-refractivity contribution is 7.96. The van der Waals surface area contributed by atoms with Gasteiger partial charge >= 0.3 is 6.03 Å². The van der Waals surface area contributed by atoms with E-state index < -0.39 is 26.4 Å². The van der Waals surface area contributed by atoms with Crippen molar-refractivity contribution in [1.82, 2.24) is 4.90 Å². The minimum absolute atomic E-state index is 0.407. The van der Waals surface area contributed by atoms with Gasteiger partial charge in [0.15, 0.2) is 0 Å². The Hall–Kier alpha value is -1.69. The van der Waals surface area contributed by atoms with Gasteiger partial charge in [-0.25, -0.2) is 9.00 Å². The zero-order chi connectivity index (χ0) is 13.6. The summed E-state index contributed by atoms with van der Waals surface area (Å²) in [7, 11) is -1.75. The van der Waals surface area contributed by atoms with Crippen LogP contribution in [0.2, 0.25) is 0 Å². The van der Waals surface area contributed by atoms with Crippen molar-refractivity contribution in [2.24, 2.45) is 4.36 Å². The molecule has 0 aliphatic carbocycles. The largest absolute Gasteiger partial charge is 0.358 e. The van der Waals surface area contributed by atoms with E-state index >= 15 is 0 Å². The summed E-state index contributed by atoms with van der Waals surface area (Å²) in [5, 5.41) is 0. The molecule has 0 radical (unpaired) electrons. The van der Waals surface area contributed by atoms with E-state index in [0.717, 1.165) is 4.90 Å². The van der Waals surface area contributed by atoms with Gasteiger partial charge in [-0.2, -0.15) is 0 Å². The van der Waals surface area contributed by atoms with E-state index in [2.05, 4.69) is 4.36 Å². The van der Waals surface area contributed by atoms with E-state index in [1.807, 2.05) is 0 Å². The van der Waals surface area contributed by atoms with Crippen molar-refractivity contribution < 1.29 is 13.8 Å². The lowest BCUT2D eigenvalue weighted by molar-refractivity contribution is -0.129. The maximum atomic E-state index is 13.0. The van der Waals surface area contributed by atoms with Gasteiger partial charge in [-0.05, 0) is 26.0 Å². The third-order valence-electron chi connectivity index (χ3n) is 3.07. The first-order valence-electron chi connectivity index (χ1n) is 5.44. The molecule has 1 atom stereocenters. The van der Waals surface area contributed by atoms with Gasteiger partial charge in [-0.15, -0.1) is 4.36 Å². The number of hydrogen-bond donors (Lipinski definition) is 0. The second kappa shape index (κ2) is 3.91. The van der Waals surface area contributed by atoms with Crippen LogP contribution in [0.1, 0.15) is 13.8 Å². The number of nitrogens with zero attached hydrogens (tertiary/aromatic N) is 2. The van der Waals surface area contributed by atoms with Crippen LogP contribution in [0, 0.1) is 0 Å². The maximum Gasteiger partial charge on any atom is 0.358 e. The van der Waals surface area contributed by atoms with Gasteiger partial charge < -0.3 is 0 Å². The predicted octanol–water partition coefficient (Wildman–Crippen LogP) is 1.88. The van der Waals surface area contributed by atoms with Gasteiger partial charge in [0.1, 0.15) is 4.75 Å². The summed E-state index contributed by atoms with van der Waals surface area (Å²) < 4.78 is 15.5. The van der Waals surface area contributed by atoms with Crippen molar-refractivity contribution in [3.05, 3.63) is 30.3 Å². The zero-order valence-corrected chi connectivity index (χ0v) is 11.2. The molecule has 3 amide bonds. The van der Waals surface area contributed by atoms with Crippen molar-refractivity contribution in [2.45, 2.75) is 23.5 Å². The van der Waals surface area contributed by atoms with Crippen LogP contribution in [-0.2, 0) is 14.5 Å². The average molecular weight is 266 g/mol. The topological polar surface area (TPSA) is 66.8 Å². The highest BCUT2D eigenvalue weighted by Crippen LogP contribution is 2.33. The van der Waals surface area contributed by atoms with Gasteiger partial charge in [-0.3, -0.25) is 9.69 Å². The highest BCUT2D eigenvalue weighted by atomic mass is 32.2. The number of benzene rings is 1. The molecule has 0 bridgehead atoms. The number of hydrogen-bond acceptors (Lipinski definition) is 3. The first-order chi connectivity index (χ1) is 8.30. The Morgan fingerprint density at radius 1 is 1.17 bits per heavy atom. The fourth-order valence-electron chi connectivity index (χ4n) is 1.85. The Balaban J connectivity index is 2.77. The molecule has 1 unspecified atom stereocenters. The summed E-state index contributed by atoms with van der Waals surface area (Å²) in [4.78, 5) is 25.1. The number of carbonyl (C=O) groups is 2. The van der Waals surface area contributed by atoms with Gasteiger partial charge in [-0.1, -0.05) is 18.2 Å². The molecule has 0 fully saturated rings. The second-order valence-corrected chi connectivity index (χ2v) is 7.31. The van der Waals surface area contributed by atoms with Crippen LogP contribution in [-0.4, -0.2) is 32.8 Å². The fraction of sp³-hybridized carbons (Fsp3) is 0.333. The molecule has 2 rings (SSSR count). The monoisotopic (exact) mass is 266 g/mol. The molecule has 1 aliphatic rings. The number of amides is 3. The lowest BCUT2D eigenvalue weighted by Crippen LogP contribution is -2.53. The molecule has 0 spiro atoms. The molecule has 0 saturated heterocycles. The first-order valence-corrected chi connectivity index (χ1v) is 6.96. The SMILES string of the molecule is CN1C(=O)N=S(=O)(c2ccccc2)C(C)(C)C1=O. The number of carbonyl (C=O) groups excluding carboxylic acids is 2. The Labute approximate surface area is 106 Å². The lowest BCUT2D eigenvalue weighted by Gasteiger charge is -2.34. The highest BCUT2D eigenvalue weighted by Gasteiger charge is 2.48. The molecule has 0 N–H and O–H groups in total. The second-order valence-electron chi connectivity index (χ2n) is 4.59. The Morgan fingerprint density at radius 2 is 1.72 bits per heavy atom. The molecule has 0 saturated carbocycles. The lowest BCUT2D eigenvalue weighted by atomic mass is 10.2. The minimum Gasteiger partial charge on any atom is -0.273 e. The Kier molecular flexibility index (Phi) is 2.77. The van der Waals surface area contributed by atoms with E-state index in [0.29, 0.717) is 4.90 Å². The summed E-state index contributed by atoms with van der Waals surface area (Å²) in [6, 6.07) is 7.69. The summed E-state index contributed by atoms with van der Waals surface area (Å²) in [6.45, 7) is 3.11. The molecule has 1 heterocycles. The van der Waals surface area contributed by atoms with Crippen LogP contribution in [0.4, 0.5) is 4.79 Å². The fourth-order valence-corrected chi connectivity index (χ4v) is 4.01. The molecule has 6 heteroatoms. The smallest absolute Gasteiger partial charge is 0.273 e.